The summed E-state index contributed by atoms with van der Waals surface area (Å²) in [6, 6.07) is 2.80. The first-order chi connectivity index (χ1) is 14.8. The zero-order valence-corrected chi connectivity index (χ0v) is 19.3. The number of rotatable bonds is 3. The number of aliphatic hydroxyl groups is 2. The number of piperidine rings is 1. The molecule has 31 heavy (non-hydrogen) atoms. The van der Waals surface area contributed by atoms with Crippen molar-refractivity contribution in [1.29, 1.82) is 0 Å². The van der Waals surface area contributed by atoms with Crippen molar-refractivity contribution in [3.63, 3.8) is 0 Å². The van der Waals surface area contributed by atoms with Crippen molar-refractivity contribution in [2.24, 2.45) is 5.92 Å². The van der Waals surface area contributed by atoms with E-state index < -0.39 is 5.79 Å². The Morgan fingerprint density at radius 2 is 2.00 bits per heavy atom. The number of hydrogen-bond donors (Lipinski definition) is 3. The Hall–Kier alpha value is -1.54. The lowest BCUT2D eigenvalue weighted by atomic mass is 9.84. The molecule has 3 N–H and O–H groups in total. The topological polar surface area (TPSA) is 86.4 Å². The molecule has 3 atom stereocenters. The third kappa shape index (κ3) is 5.28. The number of aromatic nitrogens is 3. The number of likely N-dealkylation sites (tertiary alicyclic amines) is 1. The van der Waals surface area contributed by atoms with Gasteiger partial charge in [0.1, 0.15) is 12.0 Å². The molecule has 2 aliphatic heterocycles. The van der Waals surface area contributed by atoms with E-state index >= 15 is 0 Å². The molecule has 1 aliphatic carbocycles. The first kappa shape index (κ1) is 22.6. The molecule has 0 bridgehead atoms. The van der Waals surface area contributed by atoms with Crippen LogP contribution in [0.4, 0.5) is 0 Å². The molecule has 7 nitrogen and oxygen atoms in total. The van der Waals surface area contributed by atoms with Gasteiger partial charge in [-0.05, 0) is 84.4 Å². The normalized spacial score (nSPS) is 29.5. The van der Waals surface area contributed by atoms with Crippen LogP contribution in [0.1, 0.15) is 70.5 Å². The summed E-state index contributed by atoms with van der Waals surface area (Å²) in [6.07, 6.45) is 13.4. The maximum atomic E-state index is 8.08. The molecule has 7 heteroatoms. The van der Waals surface area contributed by atoms with Gasteiger partial charge in [0.05, 0.1) is 5.69 Å². The van der Waals surface area contributed by atoms with Crippen LogP contribution < -0.4 is 5.32 Å². The molecule has 4 heterocycles. The largest absolute Gasteiger partial charge is 0.366 e. The number of fused-ring (bicyclic) bond motifs is 1. The number of aryl methyl sites for hydroxylation is 1. The molecular weight excluding hydrogens is 390 g/mol. The predicted octanol–water partition coefficient (Wildman–Crippen LogP) is 3.01. The van der Waals surface area contributed by atoms with Crippen LogP contribution in [0.2, 0.25) is 0 Å². The molecule has 3 unspecified atom stereocenters. The molecule has 3 aliphatic rings. The zero-order valence-electron chi connectivity index (χ0n) is 19.3. The van der Waals surface area contributed by atoms with Gasteiger partial charge in [-0.25, -0.2) is 9.97 Å². The average molecular weight is 430 g/mol. The minimum atomic E-state index is -1.50. The van der Waals surface area contributed by atoms with Gasteiger partial charge in [-0.15, -0.1) is 0 Å². The molecule has 172 valence electrons. The monoisotopic (exact) mass is 429 g/mol. The molecule has 2 aromatic rings. The van der Waals surface area contributed by atoms with Crippen molar-refractivity contribution < 1.29 is 10.2 Å². The van der Waals surface area contributed by atoms with Crippen molar-refractivity contribution in [2.45, 2.75) is 83.1 Å². The van der Waals surface area contributed by atoms with E-state index in [0.717, 1.165) is 17.3 Å². The minimum Gasteiger partial charge on any atom is -0.366 e. The second kappa shape index (κ2) is 9.14. The molecule has 3 fully saturated rings. The number of hydrogen-bond acceptors (Lipinski definition) is 6. The highest BCUT2D eigenvalue weighted by atomic mass is 16.5. The van der Waals surface area contributed by atoms with Crippen LogP contribution >= 0.6 is 0 Å². The molecule has 2 saturated heterocycles. The summed E-state index contributed by atoms with van der Waals surface area (Å²) >= 11 is 0. The van der Waals surface area contributed by atoms with Crippen LogP contribution in [0.25, 0.3) is 11.0 Å². The van der Waals surface area contributed by atoms with Crippen molar-refractivity contribution in [3.8, 4) is 0 Å². The van der Waals surface area contributed by atoms with Crippen LogP contribution in [-0.4, -0.2) is 67.2 Å². The molecule has 0 radical (unpaired) electrons. The second-order valence-corrected chi connectivity index (χ2v) is 10.3. The Labute approximate surface area is 185 Å². The standard InChI is InChI=1S/C21H31N5.C3H8O2/c1-16-19-6-11-26(20(19)24-15-23-16)18-5-4-17(12-18)13-25-10-3-2-7-21(25)8-9-22-14-21;1-3(2,4)5/h6,11,15,17-18,22H,2-5,7-10,12-14H2,1H3;4-5H,1-2H3. The minimum absolute atomic E-state index is 0.473. The van der Waals surface area contributed by atoms with Crippen molar-refractivity contribution in [3.05, 3.63) is 24.3 Å². The Bertz CT molecular complexity index is 862. The van der Waals surface area contributed by atoms with Gasteiger partial charge < -0.3 is 20.1 Å². The van der Waals surface area contributed by atoms with E-state index in [2.05, 4.69) is 43.9 Å². The first-order valence-electron chi connectivity index (χ1n) is 11.9. The average Bonchev–Trinajstić information content (AvgIpc) is 3.43. The molecule has 2 aromatic heterocycles. The Kier molecular flexibility index (Phi) is 6.68. The third-order valence-electron chi connectivity index (χ3n) is 7.31. The Morgan fingerprint density at radius 3 is 2.74 bits per heavy atom. The smallest absolute Gasteiger partial charge is 0.156 e. The van der Waals surface area contributed by atoms with Crippen LogP contribution in [0, 0.1) is 12.8 Å². The van der Waals surface area contributed by atoms with Gasteiger partial charge in [0.2, 0.25) is 0 Å². The quantitative estimate of drug-likeness (QED) is 0.651. The molecule has 0 amide bonds. The molecule has 1 saturated carbocycles. The highest BCUT2D eigenvalue weighted by Gasteiger charge is 2.42. The fraction of sp³-hybridized carbons (Fsp3) is 0.750. The van der Waals surface area contributed by atoms with E-state index in [0.29, 0.717) is 11.6 Å². The molecular formula is C24H39N5O2. The predicted molar refractivity (Wildman–Crippen MR) is 123 cm³/mol. The summed E-state index contributed by atoms with van der Waals surface area (Å²) in [6.45, 7) is 9.70. The van der Waals surface area contributed by atoms with E-state index in [1.54, 1.807) is 6.33 Å². The lowest BCUT2D eigenvalue weighted by Gasteiger charge is -2.45. The SMILES string of the molecule is CC(C)(O)O.Cc1ncnc2c1ccn2C1CCC(CN2CCCCC23CCNC3)C1. The number of nitrogens with one attached hydrogen (secondary N) is 1. The van der Waals surface area contributed by atoms with Crippen LogP contribution in [0.15, 0.2) is 18.6 Å². The summed E-state index contributed by atoms with van der Waals surface area (Å²) in [7, 11) is 0. The maximum absolute atomic E-state index is 8.08. The van der Waals surface area contributed by atoms with Gasteiger partial charge in [0.15, 0.2) is 5.79 Å². The van der Waals surface area contributed by atoms with E-state index in [4.69, 9.17) is 10.2 Å². The van der Waals surface area contributed by atoms with Crippen LogP contribution in [-0.2, 0) is 0 Å². The summed E-state index contributed by atoms with van der Waals surface area (Å²) < 4.78 is 2.42. The van der Waals surface area contributed by atoms with Gasteiger partial charge >= 0.3 is 0 Å². The van der Waals surface area contributed by atoms with Crippen molar-refractivity contribution in [1.82, 2.24) is 24.8 Å². The fourth-order valence-corrected chi connectivity index (χ4v) is 5.82. The van der Waals surface area contributed by atoms with E-state index in [1.807, 2.05) is 0 Å². The van der Waals surface area contributed by atoms with E-state index in [-0.39, 0.29) is 0 Å². The highest BCUT2D eigenvalue weighted by molar-refractivity contribution is 5.78. The Morgan fingerprint density at radius 1 is 1.19 bits per heavy atom. The van der Waals surface area contributed by atoms with Crippen LogP contribution in [0.5, 0.6) is 0 Å². The fourth-order valence-electron chi connectivity index (χ4n) is 5.82. The van der Waals surface area contributed by atoms with Gasteiger partial charge in [-0.3, -0.25) is 4.90 Å². The van der Waals surface area contributed by atoms with Crippen LogP contribution in [0.3, 0.4) is 0 Å². The molecule has 5 rings (SSSR count). The molecule has 0 aromatic carbocycles. The van der Waals surface area contributed by atoms with Gasteiger partial charge in [-0.2, -0.15) is 0 Å². The zero-order chi connectivity index (χ0) is 22.1. The van der Waals surface area contributed by atoms with Gasteiger partial charge in [-0.1, -0.05) is 6.42 Å². The number of nitrogens with zero attached hydrogens (tertiary/aromatic N) is 4. The van der Waals surface area contributed by atoms with Crippen molar-refractivity contribution in [2.75, 3.05) is 26.2 Å². The summed E-state index contributed by atoms with van der Waals surface area (Å²) in [5.41, 5.74) is 2.69. The van der Waals surface area contributed by atoms with Gasteiger partial charge in [0.25, 0.3) is 0 Å². The summed E-state index contributed by atoms with van der Waals surface area (Å²) in [4.78, 5) is 11.8. The third-order valence-corrected chi connectivity index (χ3v) is 7.31. The first-order valence-corrected chi connectivity index (χ1v) is 11.9. The van der Waals surface area contributed by atoms with Crippen molar-refractivity contribution >= 4 is 11.0 Å². The highest BCUT2D eigenvalue weighted by Crippen LogP contribution is 2.40. The van der Waals surface area contributed by atoms with E-state index in [9.17, 15) is 0 Å². The lowest BCUT2D eigenvalue weighted by molar-refractivity contribution is -0.127. The lowest BCUT2D eigenvalue weighted by Crippen LogP contribution is -2.54. The van der Waals surface area contributed by atoms with Gasteiger partial charge in [0, 0.05) is 36.3 Å². The maximum Gasteiger partial charge on any atom is 0.156 e. The summed E-state index contributed by atoms with van der Waals surface area (Å²) in [5, 5.41) is 21.0. The summed E-state index contributed by atoms with van der Waals surface area (Å²) in [5.74, 6) is -0.670. The molecule has 1 spiro atoms. The second-order valence-electron chi connectivity index (χ2n) is 10.3. The van der Waals surface area contributed by atoms with E-state index in [1.165, 1.54) is 90.4 Å². The Balaban J connectivity index is 0.000000418.